The Kier molecular flexibility index (Phi) is 3.66. The molecule has 1 saturated heterocycles. The molecule has 7 heteroatoms. The molecular weight excluding hydrogens is 268 g/mol. The van der Waals surface area contributed by atoms with Crippen molar-refractivity contribution >= 4 is 5.91 Å². The van der Waals surface area contributed by atoms with Crippen LogP contribution in [0.25, 0.3) is 5.69 Å². The Balaban J connectivity index is 1.83. The molecule has 1 aliphatic rings. The Hall–Kier alpha value is -2.28. The van der Waals surface area contributed by atoms with E-state index in [9.17, 15) is 4.79 Å². The van der Waals surface area contributed by atoms with Gasteiger partial charge in [-0.1, -0.05) is 6.07 Å². The first-order valence-electron chi connectivity index (χ1n) is 6.98. The van der Waals surface area contributed by atoms with E-state index in [1.807, 2.05) is 29.2 Å². The van der Waals surface area contributed by atoms with Crippen molar-refractivity contribution in [2.24, 2.45) is 0 Å². The third-order valence-corrected chi connectivity index (χ3v) is 3.80. The molecule has 1 aromatic heterocycles. The molecule has 0 radical (unpaired) electrons. The fourth-order valence-electron chi connectivity index (χ4n) is 2.67. The van der Waals surface area contributed by atoms with E-state index in [0.29, 0.717) is 5.56 Å². The van der Waals surface area contributed by atoms with E-state index in [2.05, 4.69) is 34.4 Å². The number of aromatic nitrogens is 4. The zero-order valence-corrected chi connectivity index (χ0v) is 12.2. The average molecular weight is 286 g/mol. The number of carbonyl (C=O) groups is 1. The monoisotopic (exact) mass is 286 g/mol. The molecule has 1 atom stereocenters. The van der Waals surface area contributed by atoms with Crippen LogP contribution in [0.4, 0.5) is 0 Å². The van der Waals surface area contributed by atoms with Gasteiger partial charge >= 0.3 is 0 Å². The summed E-state index contributed by atoms with van der Waals surface area (Å²) in [5.41, 5.74) is 1.45. The summed E-state index contributed by atoms with van der Waals surface area (Å²) in [5.74, 6) is 0.0607. The van der Waals surface area contributed by atoms with Crippen LogP contribution in [0.15, 0.2) is 30.6 Å². The van der Waals surface area contributed by atoms with Gasteiger partial charge in [-0.05, 0) is 42.6 Å². The second-order valence-corrected chi connectivity index (χ2v) is 5.41. The number of rotatable bonds is 2. The number of piperazine rings is 1. The molecule has 0 saturated carbocycles. The number of nitrogens with zero attached hydrogens (tertiary/aromatic N) is 6. The molecular formula is C14H18N6O. The van der Waals surface area contributed by atoms with Crippen molar-refractivity contribution < 1.29 is 4.79 Å². The maximum atomic E-state index is 12.7. The Morgan fingerprint density at radius 1 is 1.33 bits per heavy atom. The predicted octanol–water partition coefficient (Wildman–Crippen LogP) is 0.438. The maximum absolute atomic E-state index is 12.7. The molecule has 0 N–H and O–H groups in total. The van der Waals surface area contributed by atoms with E-state index in [1.54, 1.807) is 4.68 Å². The molecule has 2 aromatic rings. The van der Waals surface area contributed by atoms with Gasteiger partial charge in [-0.25, -0.2) is 4.68 Å². The summed E-state index contributed by atoms with van der Waals surface area (Å²) < 4.78 is 1.55. The minimum atomic E-state index is 0.0607. The molecule has 0 aliphatic carbocycles. The molecule has 1 fully saturated rings. The van der Waals surface area contributed by atoms with E-state index in [0.717, 1.165) is 25.3 Å². The van der Waals surface area contributed by atoms with Gasteiger partial charge in [0, 0.05) is 31.2 Å². The van der Waals surface area contributed by atoms with Gasteiger partial charge in [0.25, 0.3) is 5.91 Å². The van der Waals surface area contributed by atoms with Crippen molar-refractivity contribution in [3.8, 4) is 5.69 Å². The highest BCUT2D eigenvalue weighted by molar-refractivity contribution is 5.95. The first kappa shape index (κ1) is 13.7. The number of amides is 1. The summed E-state index contributed by atoms with van der Waals surface area (Å²) in [7, 11) is 2.08. The quantitative estimate of drug-likeness (QED) is 0.801. The molecule has 2 heterocycles. The minimum absolute atomic E-state index is 0.0607. The fraction of sp³-hybridized carbons (Fsp3) is 0.429. The lowest BCUT2D eigenvalue weighted by Gasteiger charge is -2.38. The molecule has 0 spiro atoms. The summed E-state index contributed by atoms with van der Waals surface area (Å²) in [6.45, 7) is 4.64. The van der Waals surface area contributed by atoms with E-state index >= 15 is 0 Å². The molecule has 7 nitrogen and oxygen atoms in total. The van der Waals surface area contributed by atoms with Crippen LogP contribution < -0.4 is 0 Å². The molecule has 110 valence electrons. The van der Waals surface area contributed by atoms with Crippen molar-refractivity contribution in [1.29, 1.82) is 0 Å². The Labute approximate surface area is 123 Å². The highest BCUT2D eigenvalue weighted by Gasteiger charge is 2.26. The van der Waals surface area contributed by atoms with Crippen molar-refractivity contribution in [3.05, 3.63) is 36.2 Å². The van der Waals surface area contributed by atoms with Gasteiger partial charge in [0.05, 0.1) is 5.69 Å². The van der Waals surface area contributed by atoms with E-state index in [1.165, 1.54) is 6.33 Å². The zero-order chi connectivity index (χ0) is 14.8. The van der Waals surface area contributed by atoms with Crippen LogP contribution in [-0.2, 0) is 0 Å². The third kappa shape index (κ3) is 2.78. The zero-order valence-electron chi connectivity index (χ0n) is 12.2. The topological polar surface area (TPSA) is 67.2 Å². The summed E-state index contributed by atoms with van der Waals surface area (Å²) >= 11 is 0. The van der Waals surface area contributed by atoms with Crippen LogP contribution in [0.1, 0.15) is 17.3 Å². The molecule has 0 unspecified atom stereocenters. The van der Waals surface area contributed by atoms with Gasteiger partial charge in [-0.3, -0.25) is 4.79 Å². The third-order valence-electron chi connectivity index (χ3n) is 3.80. The number of likely N-dealkylation sites (N-methyl/N-ethyl adjacent to an activating group) is 1. The molecule has 3 rings (SSSR count). The smallest absolute Gasteiger partial charge is 0.254 e. The lowest BCUT2D eigenvalue weighted by molar-refractivity contribution is 0.0533. The fourth-order valence-corrected chi connectivity index (χ4v) is 2.67. The highest BCUT2D eigenvalue weighted by Crippen LogP contribution is 2.15. The van der Waals surface area contributed by atoms with Gasteiger partial charge in [0.15, 0.2) is 0 Å². The SMILES string of the molecule is C[C@H]1CN(C)CCN1C(=O)c1cccc(-n2cnnn2)c1. The average Bonchev–Trinajstić information content (AvgIpc) is 3.01. The maximum Gasteiger partial charge on any atom is 0.254 e. The van der Waals surface area contributed by atoms with Crippen LogP contribution in [0.3, 0.4) is 0 Å². The largest absolute Gasteiger partial charge is 0.333 e. The van der Waals surface area contributed by atoms with Gasteiger partial charge in [0.2, 0.25) is 0 Å². The minimum Gasteiger partial charge on any atom is -0.333 e. The first-order chi connectivity index (χ1) is 10.1. The molecule has 0 bridgehead atoms. The lowest BCUT2D eigenvalue weighted by atomic mass is 10.1. The Bertz CT molecular complexity index is 626. The van der Waals surface area contributed by atoms with Crippen molar-refractivity contribution in [2.75, 3.05) is 26.7 Å². The summed E-state index contributed by atoms with van der Waals surface area (Å²) in [5, 5.41) is 11.1. The van der Waals surface area contributed by atoms with Crippen LogP contribution in [-0.4, -0.2) is 68.6 Å². The van der Waals surface area contributed by atoms with Crippen LogP contribution in [0.5, 0.6) is 0 Å². The molecule has 1 amide bonds. The van der Waals surface area contributed by atoms with Crippen LogP contribution >= 0.6 is 0 Å². The van der Waals surface area contributed by atoms with Gasteiger partial charge in [0.1, 0.15) is 6.33 Å². The van der Waals surface area contributed by atoms with Crippen LogP contribution in [0.2, 0.25) is 0 Å². The van der Waals surface area contributed by atoms with Gasteiger partial charge < -0.3 is 9.80 Å². The summed E-state index contributed by atoms with van der Waals surface area (Å²) in [6, 6.07) is 7.60. The lowest BCUT2D eigenvalue weighted by Crippen LogP contribution is -2.52. The molecule has 1 aliphatic heterocycles. The van der Waals surface area contributed by atoms with Crippen LogP contribution in [0, 0.1) is 0 Å². The van der Waals surface area contributed by atoms with Gasteiger partial charge in [-0.15, -0.1) is 5.10 Å². The second-order valence-electron chi connectivity index (χ2n) is 5.41. The number of carbonyl (C=O) groups excluding carboxylic acids is 1. The molecule has 21 heavy (non-hydrogen) atoms. The van der Waals surface area contributed by atoms with E-state index < -0.39 is 0 Å². The summed E-state index contributed by atoms with van der Waals surface area (Å²) in [4.78, 5) is 16.9. The predicted molar refractivity (Wildman–Crippen MR) is 77.1 cm³/mol. The number of hydrogen-bond donors (Lipinski definition) is 0. The van der Waals surface area contributed by atoms with Crippen molar-refractivity contribution in [3.63, 3.8) is 0 Å². The molecule has 1 aromatic carbocycles. The Morgan fingerprint density at radius 3 is 2.90 bits per heavy atom. The number of benzene rings is 1. The normalized spacial score (nSPS) is 19.7. The highest BCUT2D eigenvalue weighted by atomic mass is 16.2. The van der Waals surface area contributed by atoms with Crippen molar-refractivity contribution in [2.45, 2.75) is 13.0 Å². The van der Waals surface area contributed by atoms with Crippen molar-refractivity contribution in [1.82, 2.24) is 30.0 Å². The standard InChI is InChI=1S/C14H18N6O/c1-11-9-18(2)6-7-19(11)14(21)12-4-3-5-13(8-12)20-10-15-16-17-20/h3-5,8,10-11H,6-7,9H2,1-2H3/t11-/m0/s1. The van der Waals surface area contributed by atoms with E-state index in [-0.39, 0.29) is 11.9 Å². The second kappa shape index (κ2) is 5.61. The van der Waals surface area contributed by atoms with Gasteiger partial charge in [-0.2, -0.15) is 0 Å². The first-order valence-corrected chi connectivity index (χ1v) is 6.98. The van der Waals surface area contributed by atoms with E-state index in [4.69, 9.17) is 0 Å². The Morgan fingerprint density at radius 2 is 2.19 bits per heavy atom. The number of tetrazole rings is 1. The summed E-state index contributed by atoms with van der Waals surface area (Å²) in [6.07, 6.45) is 1.52. The number of hydrogen-bond acceptors (Lipinski definition) is 5.